The Bertz CT molecular complexity index is 443. The first-order valence-corrected chi connectivity index (χ1v) is 4.00. The molecule has 0 aliphatic heterocycles. The lowest BCUT2D eigenvalue weighted by molar-refractivity contribution is 0.476. The van der Waals surface area contributed by atoms with E-state index in [-0.39, 0.29) is 5.69 Å². The van der Waals surface area contributed by atoms with Crippen molar-refractivity contribution in [3.8, 4) is 11.3 Å². The number of rotatable bonds is 1. The third-order valence-corrected chi connectivity index (χ3v) is 1.79. The zero-order chi connectivity index (χ0) is 9.97. The van der Waals surface area contributed by atoms with Crippen LogP contribution >= 0.6 is 0 Å². The van der Waals surface area contributed by atoms with Crippen LogP contribution in [0.5, 0.6) is 0 Å². The predicted octanol–water partition coefficient (Wildman–Crippen LogP) is 2.42. The third-order valence-electron chi connectivity index (χ3n) is 1.79. The molecular weight excluding hydrogens is 186 g/mol. The number of nitrogens with zero attached hydrogens (tertiary/aromatic N) is 2. The van der Waals surface area contributed by atoms with Crippen molar-refractivity contribution in [3.05, 3.63) is 48.4 Å². The maximum Gasteiger partial charge on any atom is 0.252 e. The molecule has 0 radical (unpaired) electrons. The van der Waals surface area contributed by atoms with Gasteiger partial charge in [-0.2, -0.15) is 8.78 Å². The van der Waals surface area contributed by atoms with Crippen LogP contribution in [0.4, 0.5) is 8.78 Å². The van der Waals surface area contributed by atoms with E-state index >= 15 is 0 Å². The fourth-order valence-electron chi connectivity index (χ4n) is 1.15. The van der Waals surface area contributed by atoms with Crippen LogP contribution in [0.2, 0.25) is 0 Å². The molecule has 0 spiro atoms. The van der Waals surface area contributed by atoms with Gasteiger partial charge in [-0.15, -0.1) is 0 Å². The molecule has 1 heterocycles. The normalized spacial score (nSPS) is 10.1. The summed E-state index contributed by atoms with van der Waals surface area (Å²) in [6, 6.07) is 8.57. The van der Waals surface area contributed by atoms with Gasteiger partial charge in [0.05, 0.1) is 0 Å². The second-order valence-corrected chi connectivity index (χ2v) is 2.69. The molecule has 2 nitrogen and oxygen atoms in total. The summed E-state index contributed by atoms with van der Waals surface area (Å²) >= 11 is 0. The van der Waals surface area contributed by atoms with E-state index in [1.807, 2.05) is 0 Å². The van der Waals surface area contributed by atoms with Crippen LogP contribution < -0.4 is 0 Å². The summed E-state index contributed by atoms with van der Waals surface area (Å²) in [6.45, 7) is 0. The largest absolute Gasteiger partial charge is 0.252 e. The van der Waals surface area contributed by atoms with Crippen LogP contribution in [0.25, 0.3) is 11.3 Å². The van der Waals surface area contributed by atoms with Crippen LogP contribution in [-0.4, -0.2) is 9.97 Å². The van der Waals surface area contributed by atoms with Gasteiger partial charge in [0.1, 0.15) is 12.0 Å². The molecule has 2 aromatic rings. The first kappa shape index (κ1) is 8.74. The van der Waals surface area contributed by atoms with Crippen molar-refractivity contribution in [2.24, 2.45) is 0 Å². The van der Waals surface area contributed by atoms with E-state index in [2.05, 4.69) is 9.97 Å². The zero-order valence-electron chi connectivity index (χ0n) is 7.11. The van der Waals surface area contributed by atoms with Crippen molar-refractivity contribution >= 4 is 0 Å². The Kier molecular flexibility index (Phi) is 2.18. The molecule has 0 N–H and O–H groups in total. The van der Waals surface area contributed by atoms with Crippen molar-refractivity contribution in [3.63, 3.8) is 0 Å². The maximum absolute atomic E-state index is 13.2. The standard InChI is InChI=1S/C10H6F2N2/c11-8-9(13-6-14-10(8)12)7-4-2-1-3-5-7/h1-6H. The van der Waals surface area contributed by atoms with Crippen LogP contribution in [0.1, 0.15) is 0 Å². The fraction of sp³-hybridized carbons (Fsp3) is 0. The molecule has 1 aromatic heterocycles. The lowest BCUT2D eigenvalue weighted by atomic mass is 10.1. The molecule has 0 bridgehead atoms. The molecular formula is C10H6F2N2. The van der Waals surface area contributed by atoms with Crippen molar-refractivity contribution in [1.82, 2.24) is 9.97 Å². The fourth-order valence-corrected chi connectivity index (χ4v) is 1.15. The van der Waals surface area contributed by atoms with Crippen LogP contribution in [0.3, 0.4) is 0 Å². The van der Waals surface area contributed by atoms with Crippen LogP contribution in [0, 0.1) is 11.8 Å². The van der Waals surface area contributed by atoms with Gasteiger partial charge in [0, 0.05) is 5.56 Å². The summed E-state index contributed by atoms with van der Waals surface area (Å²) in [4.78, 5) is 6.80. The summed E-state index contributed by atoms with van der Waals surface area (Å²) in [6.07, 6.45) is 1.00. The van der Waals surface area contributed by atoms with Gasteiger partial charge in [-0.1, -0.05) is 30.3 Å². The SMILES string of the molecule is Fc1ncnc(-c2ccccc2)c1F. The first-order chi connectivity index (χ1) is 6.79. The highest BCUT2D eigenvalue weighted by Gasteiger charge is 2.11. The Labute approximate surface area is 79.3 Å². The number of aromatic nitrogens is 2. The van der Waals surface area contributed by atoms with Crippen molar-refractivity contribution in [2.45, 2.75) is 0 Å². The highest BCUT2D eigenvalue weighted by atomic mass is 19.2. The Hall–Kier alpha value is -1.84. The quantitative estimate of drug-likeness (QED) is 0.648. The van der Waals surface area contributed by atoms with E-state index in [4.69, 9.17) is 0 Å². The monoisotopic (exact) mass is 192 g/mol. The average Bonchev–Trinajstić information content (AvgIpc) is 2.23. The minimum absolute atomic E-state index is 0.0156. The van der Waals surface area contributed by atoms with Gasteiger partial charge in [-0.3, -0.25) is 0 Å². The van der Waals surface area contributed by atoms with Gasteiger partial charge in [-0.05, 0) is 0 Å². The Morgan fingerprint density at radius 1 is 0.929 bits per heavy atom. The molecule has 0 atom stereocenters. The van der Waals surface area contributed by atoms with E-state index in [9.17, 15) is 8.78 Å². The van der Waals surface area contributed by atoms with Crippen LogP contribution in [0.15, 0.2) is 36.7 Å². The second kappa shape index (κ2) is 3.49. The summed E-state index contributed by atoms with van der Waals surface area (Å²) in [5, 5.41) is 0. The van der Waals surface area contributed by atoms with E-state index in [1.54, 1.807) is 30.3 Å². The molecule has 0 aliphatic rings. The average molecular weight is 192 g/mol. The molecule has 4 heteroatoms. The molecule has 0 amide bonds. The topological polar surface area (TPSA) is 25.8 Å². The molecule has 0 saturated carbocycles. The highest BCUT2D eigenvalue weighted by Crippen LogP contribution is 2.19. The van der Waals surface area contributed by atoms with Crippen molar-refractivity contribution < 1.29 is 8.78 Å². The lowest BCUT2D eigenvalue weighted by Gasteiger charge is -2.00. The maximum atomic E-state index is 13.2. The summed E-state index contributed by atoms with van der Waals surface area (Å²) in [5.41, 5.74) is 0.518. The molecule has 0 unspecified atom stereocenters. The van der Waals surface area contributed by atoms with Gasteiger partial charge in [0.15, 0.2) is 0 Å². The Morgan fingerprint density at radius 2 is 1.64 bits per heavy atom. The molecule has 2 rings (SSSR count). The molecule has 0 saturated heterocycles. The minimum Gasteiger partial charge on any atom is -0.233 e. The lowest BCUT2D eigenvalue weighted by Crippen LogP contribution is -1.96. The van der Waals surface area contributed by atoms with E-state index in [1.165, 1.54) is 0 Å². The molecule has 0 aliphatic carbocycles. The second-order valence-electron chi connectivity index (χ2n) is 2.69. The van der Waals surface area contributed by atoms with Gasteiger partial charge >= 0.3 is 0 Å². The zero-order valence-corrected chi connectivity index (χ0v) is 7.11. The van der Waals surface area contributed by atoms with Crippen molar-refractivity contribution in [2.75, 3.05) is 0 Å². The summed E-state index contributed by atoms with van der Waals surface area (Å²) < 4.78 is 25.9. The number of halogens is 2. The van der Waals surface area contributed by atoms with Crippen LogP contribution in [-0.2, 0) is 0 Å². The molecule has 14 heavy (non-hydrogen) atoms. The molecule has 1 aromatic carbocycles. The molecule has 70 valence electrons. The van der Waals surface area contributed by atoms with Gasteiger partial charge in [0.25, 0.3) is 5.95 Å². The summed E-state index contributed by atoms with van der Waals surface area (Å²) in [5.74, 6) is -2.14. The smallest absolute Gasteiger partial charge is 0.233 e. The number of benzene rings is 1. The van der Waals surface area contributed by atoms with E-state index in [0.29, 0.717) is 5.56 Å². The number of hydrogen-bond acceptors (Lipinski definition) is 2. The van der Waals surface area contributed by atoms with E-state index in [0.717, 1.165) is 6.33 Å². The van der Waals surface area contributed by atoms with E-state index < -0.39 is 11.8 Å². The van der Waals surface area contributed by atoms with Gasteiger partial charge in [-0.25, -0.2) is 9.97 Å². The first-order valence-electron chi connectivity index (χ1n) is 4.00. The van der Waals surface area contributed by atoms with Gasteiger partial charge < -0.3 is 0 Å². The number of hydrogen-bond donors (Lipinski definition) is 0. The Balaban J connectivity index is 2.58. The Morgan fingerprint density at radius 3 is 2.36 bits per heavy atom. The third kappa shape index (κ3) is 1.46. The minimum atomic E-state index is -1.13. The highest BCUT2D eigenvalue weighted by molar-refractivity contribution is 5.58. The summed E-state index contributed by atoms with van der Waals surface area (Å²) in [7, 11) is 0. The van der Waals surface area contributed by atoms with Gasteiger partial charge in [0.2, 0.25) is 5.82 Å². The van der Waals surface area contributed by atoms with Crippen molar-refractivity contribution in [1.29, 1.82) is 0 Å². The predicted molar refractivity (Wildman–Crippen MR) is 47.4 cm³/mol. The molecule has 0 fully saturated rings.